The van der Waals surface area contributed by atoms with Gasteiger partial charge in [-0.1, -0.05) is 6.92 Å². The lowest BCUT2D eigenvalue weighted by molar-refractivity contribution is 0.0536. The van der Waals surface area contributed by atoms with E-state index < -0.39 is 0 Å². The first-order valence-corrected chi connectivity index (χ1v) is 7.74. The van der Waals surface area contributed by atoms with E-state index in [1.165, 1.54) is 18.4 Å². The monoisotopic (exact) mass is 294 g/mol. The summed E-state index contributed by atoms with van der Waals surface area (Å²) in [5, 5.41) is 3.52. The highest BCUT2D eigenvalue weighted by Crippen LogP contribution is 2.20. The Kier molecular flexibility index (Phi) is 6.92. The Hall–Kier alpha value is -1.17. The standard InChI is InChI=1S/C16H26N2O3/c1-3-14-10-13(12-17-15-4-5-15)11-16(18-14)21-9-8-20-7-6-19-2/h10-11,15,17H,3-9,12H2,1-2H3. The van der Waals surface area contributed by atoms with Crippen LogP contribution in [-0.2, 0) is 22.4 Å². The zero-order valence-corrected chi connectivity index (χ0v) is 13.1. The minimum absolute atomic E-state index is 0.513. The first-order valence-electron chi connectivity index (χ1n) is 7.74. The van der Waals surface area contributed by atoms with Crippen LogP contribution in [0.3, 0.4) is 0 Å². The molecular formula is C16H26N2O3. The van der Waals surface area contributed by atoms with Crippen LogP contribution in [0.5, 0.6) is 5.88 Å². The van der Waals surface area contributed by atoms with Crippen molar-refractivity contribution >= 4 is 0 Å². The third kappa shape index (κ3) is 6.42. The minimum Gasteiger partial charge on any atom is -0.475 e. The van der Waals surface area contributed by atoms with Gasteiger partial charge in [-0.15, -0.1) is 0 Å². The molecule has 1 saturated carbocycles. The van der Waals surface area contributed by atoms with Gasteiger partial charge in [0.15, 0.2) is 0 Å². The summed E-state index contributed by atoms with van der Waals surface area (Å²) in [5.41, 5.74) is 2.31. The van der Waals surface area contributed by atoms with E-state index in [1.54, 1.807) is 7.11 Å². The van der Waals surface area contributed by atoms with Gasteiger partial charge in [0, 0.05) is 31.5 Å². The molecular weight excluding hydrogens is 268 g/mol. The summed E-state index contributed by atoms with van der Waals surface area (Å²) in [5.74, 6) is 0.692. The number of methoxy groups -OCH3 is 1. The summed E-state index contributed by atoms with van der Waals surface area (Å²) < 4.78 is 16.0. The van der Waals surface area contributed by atoms with Crippen LogP contribution in [0, 0.1) is 0 Å². The van der Waals surface area contributed by atoms with Crippen molar-refractivity contribution in [3.8, 4) is 5.88 Å². The first kappa shape index (κ1) is 16.2. The van der Waals surface area contributed by atoms with Crippen LogP contribution in [0.1, 0.15) is 31.0 Å². The zero-order chi connectivity index (χ0) is 14.9. The van der Waals surface area contributed by atoms with Gasteiger partial charge in [0.25, 0.3) is 0 Å². The van der Waals surface area contributed by atoms with Crippen molar-refractivity contribution in [2.75, 3.05) is 33.5 Å². The largest absolute Gasteiger partial charge is 0.475 e. The number of rotatable bonds is 11. The molecule has 0 saturated heterocycles. The van der Waals surface area contributed by atoms with Crippen LogP contribution < -0.4 is 10.1 Å². The third-order valence-corrected chi connectivity index (χ3v) is 3.36. The molecule has 1 aromatic rings. The maximum atomic E-state index is 5.69. The van der Waals surface area contributed by atoms with Gasteiger partial charge in [-0.25, -0.2) is 4.98 Å². The number of aryl methyl sites for hydroxylation is 1. The number of nitrogens with one attached hydrogen (secondary N) is 1. The summed E-state index contributed by atoms with van der Waals surface area (Å²) >= 11 is 0. The van der Waals surface area contributed by atoms with Crippen molar-refractivity contribution in [2.24, 2.45) is 0 Å². The molecule has 0 radical (unpaired) electrons. The van der Waals surface area contributed by atoms with Crippen molar-refractivity contribution in [1.29, 1.82) is 0 Å². The minimum atomic E-state index is 0.513. The molecule has 0 aliphatic heterocycles. The van der Waals surface area contributed by atoms with Crippen molar-refractivity contribution < 1.29 is 14.2 Å². The van der Waals surface area contributed by atoms with E-state index in [0.29, 0.717) is 38.3 Å². The second-order valence-electron chi connectivity index (χ2n) is 5.27. The van der Waals surface area contributed by atoms with Crippen LogP contribution in [0.25, 0.3) is 0 Å². The second kappa shape index (κ2) is 8.97. The van der Waals surface area contributed by atoms with Crippen LogP contribution in [0.4, 0.5) is 0 Å². The van der Waals surface area contributed by atoms with E-state index >= 15 is 0 Å². The predicted molar refractivity (Wildman–Crippen MR) is 81.7 cm³/mol. The SMILES string of the molecule is CCc1cc(CNC2CC2)cc(OCCOCCOC)n1. The van der Waals surface area contributed by atoms with Crippen molar-refractivity contribution in [1.82, 2.24) is 10.3 Å². The fraction of sp³-hybridized carbons (Fsp3) is 0.688. The van der Waals surface area contributed by atoms with Crippen LogP contribution in [0.2, 0.25) is 0 Å². The summed E-state index contributed by atoms with van der Waals surface area (Å²) in [4.78, 5) is 4.50. The molecule has 1 aromatic heterocycles. The zero-order valence-electron chi connectivity index (χ0n) is 13.1. The molecule has 2 rings (SSSR count). The van der Waals surface area contributed by atoms with Gasteiger partial charge >= 0.3 is 0 Å². The number of hydrogen-bond donors (Lipinski definition) is 1. The molecule has 1 fully saturated rings. The molecule has 1 aliphatic carbocycles. The first-order chi connectivity index (χ1) is 10.3. The van der Waals surface area contributed by atoms with E-state index in [4.69, 9.17) is 14.2 Å². The van der Waals surface area contributed by atoms with Gasteiger partial charge in [-0.2, -0.15) is 0 Å². The lowest BCUT2D eigenvalue weighted by Crippen LogP contribution is -2.16. The third-order valence-electron chi connectivity index (χ3n) is 3.36. The number of aromatic nitrogens is 1. The molecule has 0 bridgehead atoms. The van der Waals surface area contributed by atoms with E-state index in [9.17, 15) is 0 Å². The highest BCUT2D eigenvalue weighted by atomic mass is 16.5. The Bertz CT molecular complexity index is 422. The molecule has 21 heavy (non-hydrogen) atoms. The molecule has 0 aromatic carbocycles. The van der Waals surface area contributed by atoms with Crippen molar-refractivity contribution in [3.05, 3.63) is 23.4 Å². The van der Waals surface area contributed by atoms with Gasteiger partial charge in [-0.3, -0.25) is 0 Å². The Morgan fingerprint density at radius 3 is 2.71 bits per heavy atom. The topological polar surface area (TPSA) is 52.6 Å². The fourth-order valence-corrected chi connectivity index (χ4v) is 1.98. The summed E-state index contributed by atoms with van der Waals surface area (Å²) in [6, 6.07) is 4.88. The molecule has 0 atom stereocenters. The van der Waals surface area contributed by atoms with Gasteiger partial charge in [-0.05, 0) is 30.9 Å². The van der Waals surface area contributed by atoms with Crippen LogP contribution in [-0.4, -0.2) is 44.6 Å². The number of hydrogen-bond acceptors (Lipinski definition) is 5. The van der Waals surface area contributed by atoms with Crippen molar-refractivity contribution in [2.45, 2.75) is 38.8 Å². The quantitative estimate of drug-likeness (QED) is 0.632. The van der Waals surface area contributed by atoms with Gasteiger partial charge in [0.1, 0.15) is 6.61 Å². The Morgan fingerprint density at radius 2 is 2.00 bits per heavy atom. The molecule has 0 spiro atoms. The molecule has 1 aliphatic rings. The second-order valence-corrected chi connectivity index (χ2v) is 5.27. The molecule has 1 N–H and O–H groups in total. The maximum Gasteiger partial charge on any atom is 0.213 e. The molecule has 1 heterocycles. The molecule has 0 amide bonds. The molecule has 0 unspecified atom stereocenters. The van der Waals surface area contributed by atoms with E-state index in [2.05, 4.69) is 23.3 Å². The van der Waals surface area contributed by atoms with Gasteiger partial charge in [0.05, 0.1) is 19.8 Å². The Balaban J connectivity index is 1.77. The Morgan fingerprint density at radius 1 is 1.19 bits per heavy atom. The summed E-state index contributed by atoms with van der Waals surface area (Å²) in [6.45, 7) is 5.27. The fourth-order valence-electron chi connectivity index (χ4n) is 1.98. The highest BCUT2D eigenvalue weighted by Gasteiger charge is 2.20. The predicted octanol–water partition coefficient (Wildman–Crippen LogP) is 1.94. The number of ether oxygens (including phenoxy) is 3. The van der Waals surface area contributed by atoms with Gasteiger partial charge < -0.3 is 19.5 Å². The number of nitrogens with zero attached hydrogens (tertiary/aromatic N) is 1. The van der Waals surface area contributed by atoms with E-state index in [1.807, 2.05) is 6.07 Å². The van der Waals surface area contributed by atoms with E-state index in [0.717, 1.165) is 18.7 Å². The smallest absolute Gasteiger partial charge is 0.213 e. The lowest BCUT2D eigenvalue weighted by Gasteiger charge is -2.10. The normalized spacial score (nSPS) is 14.4. The maximum absolute atomic E-state index is 5.69. The average Bonchev–Trinajstić information content (AvgIpc) is 3.33. The Labute approximate surface area is 127 Å². The van der Waals surface area contributed by atoms with Gasteiger partial charge in [0.2, 0.25) is 5.88 Å². The van der Waals surface area contributed by atoms with Crippen molar-refractivity contribution in [3.63, 3.8) is 0 Å². The van der Waals surface area contributed by atoms with E-state index in [-0.39, 0.29) is 0 Å². The summed E-state index contributed by atoms with van der Waals surface area (Å²) in [7, 11) is 1.66. The molecule has 118 valence electrons. The number of pyridine rings is 1. The van der Waals surface area contributed by atoms with Crippen LogP contribution in [0.15, 0.2) is 12.1 Å². The highest BCUT2D eigenvalue weighted by molar-refractivity contribution is 5.25. The lowest BCUT2D eigenvalue weighted by atomic mass is 10.2. The molecule has 5 nitrogen and oxygen atoms in total. The van der Waals surface area contributed by atoms with Crippen LogP contribution >= 0.6 is 0 Å². The summed E-state index contributed by atoms with van der Waals surface area (Å²) in [6.07, 6.45) is 3.51. The molecule has 5 heteroatoms. The average molecular weight is 294 g/mol.